The van der Waals surface area contributed by atoms with Crippen molar-refractivity contribution in [2.75, 3.05) is 12.4 Å². The van der Waals surface area contributed by atoms with Gasteiger partial charge in [-0.25, -0.2) is 4.98 Å². The average Bonchev–Trinajstić information content (AvgIpc) is 3.05. The van der Waals surface area contributed by atoms with E-state index in [-0.39, 0.29) is 12.4 Å². The van der Waals surface area contributed by atoms with Crippen molar-refractivity contribution in [2.24, 2.45) is 0 Å². The molecule has 0 aliphatic heterocycles. The molecule has 0 aliphatic rings. The first-order valence-electron chi connectivity index (χ1n) is 6.26. The van der Waals surface area contributed by atoms with Crippen LogP contribution in [0.2, 0.25) is 5.15 Å². The number of fused-ring (bicyclic) bond motifs is 1. The number of aromatic nitrogens is 1. The Morgan fingerprint density at radius 2 is 2.19 bits per heavy atom. The van der Waals surface area contributed by atoms with E-state index in [2.05, 4.69) is 21.7 Å². The van der Waals surface area contributed by atoms with Crippen LogP contribution in [0.15, 0.2) is 34.9 Å². The molecule has 0 saturated heterocycles. The Bertz CT molecular complexity index is 712. The van der Waals surface area contributed by atoms with Gasteiger partial charge in [-0.15, -0.1) is 23.7 Å². The Kier molecular flexibility index (Phi) is 5.47. The van der Waals surface area contributed by atoms with Crippen LogP contribution in [0.25, 0.3) is 10.2 Å². The first-order valence-corrected chi connectivity index (χ1v) is 7.45. The summed E-state index contributed by atoms with van der Waals surface area (Å²) in [6.45, 7) is 1.46. The summed E-state index contributed by atoms with van der Waals surface area (Å²) < 4.78 is 6.44. The van der Waals surface area contributed by atoms with E-state index in [1.165, 1.54) is 4.88 Å². The van der Waals surface area contributed by atoms with Gasteiger partial charge in [0.2, 0.25) is 0 Å². The predicted molar refractivity (Wildman–Crippen MR) is 90.7 cm³/mol. The van der Waals surface area contributed by atoms with Gasteiger partial charge < -0.3 is 15.1 Å². The minimum atomic E-state index is 0. The van der Waals surface area contributed by atoms with Crippen LogP contribution in [0.3, 0.4) is 0 Å². The molecule has 3 heterocycles. The van der Waals surface area contributed by atoms with Gasteiger partial charge in [-0.3, -0.25) is 0 Å². The Hall–Kier alpha value is -1.27. The number of hydrogen-bond donors (Lipinski definition) is 2. The maximum Gasteiger partial charge on any atom is 0.131 e. The van der Waals surface area contributed by atoms with Crippen molar-refractivity contribution in [3.05, 3.63) is 46.3 Å². The van der Waals surface area contributed by atoms with Gasteiger partial charge in [-0.05, 0) is 25.2 Å². The molecule has 0 aromatic carbocycles. The molecule has 0 saturated carbocycles. The second kappa shape index (κ2) is 7.13. The van der Waals surface area contributed by atoms with Gasteiger partial charge in [-0.1, -0.05) is 11.6 Å². The van der Waals surface area contributed by atoms with E-state index in [9.17, 15) is 0 Å². The first-order chi connectivity index (χ1) is 9.76. The molecular weight excluding hydrogens is 329 g/mol. The largest absolute Gasteiger partial charge is 0.467 e. The van der Waals surface area contributed by atoms with Crippen molar-refractivity contribution in [2.45, 2.75) is 13.1 Å². The summed E-state index contributed by atoms with van der Waals surface area (Å²) >= 11 is 7.80. The SMILES string of the molecule is CNCc1cc2nc(Cl)cc(NCc3ccco3)c2s1.Cl. The van der Waals surface area contributed by atoms with Crippen molar-refractivity contribution in [1.29, 1.82) is 0 Å². The lowest BCUT2D eigenvalue weighted by molar-refractivity contribution is 0.518. The van der Waals surface area contributed by atoms with Gasteiger partial charge in [0.25, 0.3) is 0 Å². The summed E-state index contributed by atoms with van der Waals surface area (Å²) in [7, 11) is 1.93. The van der Waals surface area contributed by atoms with E-state index in [4.69, 9.17) is 16.0 Å². The number of anilines is 1. The Labute approximate surface area is 137 Å². The second-order valence-electron chi connectivity index (χ2n) is 4.38. The van der Waals surface area contributed by atoms with Crippen LogP contribution in [0, 0.1) is 0 Å². The molecule has 21 heavy (non-hydrogen) atoms. The van der Waals surface area contributed by atoms with E-state index < -0.39 is 0 Å². The van der Waals surface area contributed by atoms with Gasteiger partial charge in [-0.2, -0.15) is 0 Å². The van der Waals surface area contributed by atoms with E-state index >= 15 is 0 Å². The molecule has 0 radical (unpaired) electrons. The van der Waals surface area contributed by atoms with Gasteiger partial charge in [0, 0.05) is 17.5 Å². The molecule has 0 atom stereocenters. The summed E-state index contributed by atoms with van der Waals surface area (Å²) in [6.07, 6.45) is 1.67. The smallest absolute Gasteiger partial charge is 0.131 e. The molecule has 112 valence electrons. The molecule has 3 aromatic heterocycles. The van der Waals surface area contributed by atoms with Gasteiger partial charge in [0.05, 0.1) is 28.7 Å². The van der Waals surface area contributed by atoms with Gasteiger partial charge in [0.15, 0.2) is 0 Å². The highest BCUT2D eigenvalue weighted by atomic mass is 35.5. The Morgan fingerprint density at radius 1 is 1.33 bits per heavy atom. The topological polar surface area (TPSA) is 50.1 Å². The van der Waals surface area contributed by atoms with Crippen molar-refractivity contribution in [3.8, 4) is 0 Å². The molecule has 0 fully saturated rings. The third-order valence-corrected chi connectivity index (χ3v) is 4.23. The van der Waals surface area contributed by atoms with E-state index in [1.807, 2.05) is 25.2 Å². The van der Waals surface area contributed by atoms with Crippen molar-refractivity contribution >= 4 is 51.2 Å². The predicted octanol–water partition coefficient (Wildman–Crippen LogP) is 4.30. The Balaban J connectivity index is 0.00000161. The van der Waals surface area contributed by atoms with E-state index in [1.54, 1.807) is 17.6 Å². The molecule has 0 amide bonds. The molecule has 7 heteroatoms. The highest BCUT2D eigenvalue weighted by Gasteiger charge is 2.10. The van der Waals surface area contributed by atoms with Crippen molar-refractivity contribution in [3.63, 3.8) is 0 Å². The number of furan rings is 1. The van der Waals surface area contributed by atoms with E-state index in [0.29, 0.717) is 11.7 Å². The van der Waals surface area contributed by atoms with Gasteiger partial charge in [0.1, 0.15) is 10.9 Å². The highest BCUT2D eigenvalue weighted by molar-refractivity contribution is 7.19. The third-order valence-electron chi connectivity index (χ3n) is 2.88. The number of pyridine rings is 1. The first kappa shape index (κ1) is 16.1. The van der Waals surface area contributed by atoms with E-state index in [0.717, 1.165) is 28.2 Å². The quantitative estimate of drug-likeness (QED) is 0.678. The molecule has 0 spiro atoms. The number of halogens is 2. The number of hydrogen-bond acceptors (Lipinski definition) is 5. The Morgan fingerprint density at radius 3 is 2.90 bits per heavy atom. The highest BCUT2D eigenvalue weighted by Crippen LogP contribution is 2.33. The molecule has 4 nitrogen and oxygen atoms in total. The number of thiophene rings is 1. The zero-order valence-electron chi connectivity index (χ0n) is 11.4. The van der Waals surface area contributed by atoms with Crippen molar-refractivity contribution < 1.29 is 4.42 Å². The lowest BCUT2D eigenvalue weighted by Crippen LogP contribution is -2.02. The number of nitrogens with one attached hydrogen (secondary N) is 2. The van der Waals surface area contributed by atoms with Crippen LogP contribution < -0.4 is 10.6 Å². The molecule has 3 rings (SSSR count). The maximum atomic E-state index is 6.09. The number of rotatable bonds is 5. The average molecular weight is 344 g/mol. The second-order valence-corrected chi connectivity index (χ2v) is 5.91. The normalized spacial score (nSPS) is 10.6. The summed E-state index contributed by atoms with van der Waals surface area (Å²) in [5, 5.41) is 7.00. The van der Waals surface area contributed by atoms with Crippen LogP contribution in [-0.2, 0) is 13.1 Å². The minimum Gasteiger partial charge on any atom is -0.467 e. The lowest BCUT2D eigenvalue weighted by Gasteiger charge is -2.06. The fourth-order valence-corrected chi connectivity index (χ4v) is 3.33. The molecule has 0 aliphatic carbocycles. The lowest BCUT2D eigenvalue weighted by atomic mass is 10.3. The standard InChI is InChI=1S/C14H14ClN3OS.ClH/c1-16-8-10-5-12-14(20-10)11(6-13(15)18-12)17-7-9-3-2-4-19-9;/h2-6,16H,7-8H2,1H3,(H,17,18);1H. The molecular formula is C14H15Cl2N3OS. The molecule has 2 N–H and O–H groups in total. The molecule has 0 bridgehead atoms. The summed E-state index contributed by atoms with van der Waals surface area (Å²) in [5.41, 5.74) is 1.92. The number of nitrogens with zero attached hydrogens (tertiary/aromatic N) is 1. The summed E-state index contributed by atoms with van der Waals surface area (Å²) in [4.78, 5) is 5.60. The molecule has 0 unspecified atom stereocenters. The fourth-order valence-electron chi connectivity index (χ4n) is 2.03. The van der Waals surface area contributed by atoms with Crippen LogP contribution in [0.5, 0.6) is 0 Å². The molecule has 3 aromatic rings. The summed E-state index contributed by atoms with van der Waals surface area (Å²) in [5.74, 6) is 0.887. The van der Waals surface area contributed by atoms with Crippen LogP contribution in [-0.4, -0.2) is 12.0 Å². The minimum absolute atomic E-state index is 0. The third kappa shape index (κ3) is 3.68. The zero-order valence-corrected chi connectivity index (χ0v) is 13.7. The van der Waals surface area contributed by atoms with Crippen LogP contribution in [0.4, 0.5) is 5.69 Å². The summed E-state index contributed by atoms with van der Waals surface area (Å²) in [6, 6.07) is 7.74. The zero-order chi connectivity index (χ0) is 13.9. The van der Waals surface area contributed by atoms with Crippen LogP contribution >= 0.6 is 35.3 Å². The monoisotopic (exact) mass is 343 g/mol. The van der Waals surface area contributed by atoms with Crippen LogP contribution in [0.1, 0.15) is 10.6 Å². The fraction of sp³-hybridized carbons (Fsp3) is 0.214. The maximum absolute atomic E-state index is 6.09. The van der Waals surface area contributed by atoms with Gasteiger partial charge >= 0.3 is 0 Å². The van der Waals surface area contributed by atoms with Crippen molar-refractivity contribution in [1.82, 2.24) is 10.3 Å².